The first-order valence-corrected chi connectivity index (χ1v) is 12.0. The van der Waals surface area contributed by atoms with Crippen LogP contribution >= 0.6 is 0 Å². The monoisotopic (exact) mass is 443 g/mol. The lowest BCUT2D eigenvalue weighted by Crippen LogP contribution is -2.17. The lowest BCUT2D eigenvalue weighted by molar-refractivity contribution is 0.602. The first-order chi connectivity index (χ1) is 15.8. The quantitative estimate of drug-likeness (QED) is 0.247. The first kappa shape index (κ1) is 24.7. The number of allylic oxidation sites excluding steroid dienone is 6. The van der Waals surface area contributed by atoms with Crippen molar-refractivity contribution in [2.75, 3.05) is 0 Å². The molecule has 1 aromatic carbocycles. The largest absolute Gasteiger partial charge is 0.452 e. The van der Waals surface area contributed by atoms with Crippen LogP contribution in [0.5, 0.6) is 0 Å². The molecule has 33 heavy (non-hydrogen) atoms. The molecular weight excluding hydrogens is 406 g/mol. The van der Waals surface area contributed by atoms with E-state index in [0.717, 1.165) is 60.0 Å². The minimum atomic E-state index is 0.0850. The van der Waals surface area contributed by atoms with Gasteiger partial charge >= 0.3 is 0 Å². The van der Waals surface area contributed by atoms with Crippen molar-refractivity contribution >= 4 is 11.1 Å². The van der Waals surface area contributed by atoms with Crippen LogP contribution in [0.4, 0.5) is 0 Å². The van der Waals surface area contributed by atoms with Gasteiger partial charge < -0.3 is 4.42 Å². The fourth-order valence-electron chi connectivity index (χ4n) is 4.13. The van der Waals surface area contributed by atoms with E-state index in [9.17, 15) is 4.79 Å². The summed E-state index contributed by atoms with van der Waals surface area (Å²) < 4.78 is 6.19. The zero-order chi connectivity index (χ0) is 24.0. The van der Waals surface area contributed by atoms with E-state index in [-0.39, 0.29) is 5.43 Å². The summed E-state index contributed by atoms with van der Waals surface area (Å²) in [5.74, 6) is 0.641. The number of nitrogens with zero attached hydrogens (tertiary/aromatic N) is 1. The Bertz CT molecular complexity index is 1240. The minimum Gasteiger partial charge on any atom is -0.452 e. The molecule has 0 atom stereocenters. The summed E-state index contributed by atoms with van der Waals surface area (Å²) in [5.41, 5.74) is 9.04. The third-order valence-corrected chi connectivity index (χ3v) is 6.34. The predicted octanol–water partition coefficient (Wildman–Crippen LogP) is 8.26. The normalized spacial score (nSPS) is 12.5. The standard InChI is InChI=1S/C30H37NO2/c1-20(2)12-9-13-21(3)14-10-15-22(4)16-11-17-25-29(32)24(6)23(5)28-30(25)33-27-19-8-7-18-26(27)31-28/h7-8,12,14,16,18-19H,9-11,13,15,17H2,1-6H3. The van der Waals surface area contributed by atoms with E-state index >= 15 is 0 Å². The SMILES string of the molecule is CC(C)=CCCC(C)=CCCC(C)=CCCc1c2oc3ccccc3nc-2c(C)c(C)c1=O. The number of benzene rings is 2. The molecule has 174 valence electrons. The van der Waals surface area contributed by atoms with Crippen LogP contribution in [0.15, 0.2) is 68.4 Å². The van der Waals surface area contributed by atoms with E-state index in [1.54, 1.807) is 0 Å². The van der Waals surface area contributed by atoms with Crippen LogP contribution in [0, 0.1) is 13.8 Å². The Balaban J connectivity index is 1.71. The van der Waals surface area contributed by atoms with Crippen LogP contribution in [0.25, 0.3) is 22.6 Å². The highest BCUT2D eigenvalue weighted by Crippen LogP contribution is 2.31. The molecule has 0 amide bonds. The second kappa shape index (κ2) is 11.3. The van der Waals surface area contributed by atoms with Gasteiger partial charge in [-0.25, -0.2) is 4.98 Å². The average molecular weight is 444 g/mol. The van der Waals surface area contributed by atoms with Crippen molar-refractivity contribution in [3.63, 3.8) is 0 Å². The molecule has 1 aliphatic carbocycles. The van der Waals surface area contributed by atoms with Crippen molar-refractivity contribution in [3.8, 4) is 11.5 Å². The van der Waals surface area contributed by atoms with Gasteiger partial charge in [-0.1, -0.05) is 47.1 Å². The second-order valence-electron chi connectivity index (χ2n) is 9.42. The molecule has 2 aliphatic rings. The maximum atomic E-state index is 13.1. The van der Waals surface area contributed by atoms with Crippen LogP contribution in [0.1, 0.15) is 76.5 Å². The summed E-state index contributed by atoms with van der Waals surface area (Å²) in [6, 6.07) is 7.74. The van der Waals surface area contributed by atoms with Gasteiger partial charge in [0.1, 0.15) is 11.2 Å². The Hall–Kier alpha value is -2.94. The van der Waals surface area contributed by atoms with E-state index in [0.29, 0.717) is 17.8 Å². The van der Waals surface area contributed by atoms with Gasteiger partial charge in [0.05, 0.1) is 0 Å². The first-order valence-electron chi connectivity index (χ1n) is 12.0. The highest BCUT2D eigenvalue weighted by molar-refractivity contribution is 5.78. The summed E-state index contributed by atoms with van der Waals surface area (Å²) in [5, 5.41) is 0. The maximum absolute atomic E-state index is 13.1. The zero-order valence-corrected chi connectivity index (χ0v) is 21.0. The van der Waals surface area contributed by atoms with Crippen molar-refractivity contribution < 1.29 is 4.42 Å². The van der Waals surface area contributed by atoms with Gasteiger partial charge in [0.2, 0.25) is 0 Å². The predicted molar refractivity (Wildman–Crippen MR) is 140 cm³/mol. The summed E-state index contributed by atoms with van der Waals surface area (Å²) in [7, 11) is 0. The van der Waals surface area contributed by atoms with E-state index in [1.165, 1.54) is 16.7 Å². The lowest BCUT2D eigenvalue weighted by atomic mass is 9.95. The Kier molecular flexibility index (Phi) is 8.43. The van der Waals surface area contributed by atoms with Gasteiger partial charge in [-0.3, -0.25) is 4.79 Å². The summed E-state index contributed by atoms with van der Waals surface area (Å²) in [6.45, 7) is 12.6. The number of hydrogen-bond donors (Lipinski definition) is 0. The molecule has 0 fully saturated rings. The molecule has 3 rings (SSSR count). The number of fused-ring (bicyclic) bond motifs is 2. The van der Waals surface area contributed by atoms with E-state index in [4.69, 9.17) is 9.40 Å². The number of rotatable bonds is 9. The van der Waals surface area contributed by atoms with Gasteiger partial charge in [-0.05, 0) is 97.8 Å². The number of para-hydroxylation sites is 2. The highest BCUT2D eigenvalue weighted by atomic mass is 16.3. The Morgan fingerprint density at radius 1 is 0.879 bits per heavy atom. The van der Waals surface area contributed by atoms with Gasteiger partial charge in [0.25, 0.3) is 0 Å². The molecule has 3 nitrogen and oxygen atoms in total. The van der Waals surface area contributed by atoms with Gasteiger partial charge in [-0.15, -0.1) is 0 Å². The molecule has 0 unspecified atom stereocenters. The minimum absolute atomic E-state index is 0.0850. The molecule has 1 heterocycles. The second-order valence-corrected chi connectivity index (χ2v) is 9.42. The Morgan fingerprint density at radius 2 is 1.52 bits per heavy atom. The molecule has 1 aromatic rings. The van der Waals surface area contributed by atoms with Crippen LogP contribution in [0.2, 0.25) is 0 Å². The molecule has 0 N–H and O–H groups in total. The molecule has 0 saturated carbocycles. The smallest absolute Gasteiger partial charge is 0.188 e. The fourth-order valence-corrected chi connectivity index (χ4v) is 4.13. The molecule has 0 bridgehead atoms. The molecule has 1 aliphatic heterocycles. The molecule has 0 aromatic heterocycles. The van der Waals surface area contributed by atoms with Gasteiger partial charge in [0.15, 0.2) is 16.8 Å². The summed E-state index contributed by atoms with van der Waals surface area (Å²) >= 11 is 0. The third-order valence-electron chi connectivity index (χ3n) is 6.34. The molecule has 0 saturated heterocycles. The number of aromatic nitrogens is 1. The molecule has 0 radical (unpaired) electrons. The molecular formula is C30H37NO2. The summed E-state index contributed by atoms with van der Waals surface area (Å²) in [4.78, 5) is 17.9. The van der Waals surface area contributed by atoms with E-state index in [2.05, 4.69) is 45.9 Å². The topological polar surface area (TPSA) is 43.1 Å². The van der Waals surface area contributed by atoms with Gasteiger partial charge in [0, 0.05) is 11.1 Å². The maximum Gasteiger partial charge on any atom is 0.188 e. The third kappa shape index (κ3) is 6.31. The van der Waals surface area contributed by atoms with Crippen LogP contribution < -0.4 is 5.43 Å². The van der Waals surface area contributed by atoms with Crippen LogP contribution in [-0.2, 0) is 6.42 Å². The molecule has 3 heteroatoms. The Morgan fingerprint density at radius 3 is 2.21 bits per heavy atom. The van der Waals surface area contributed by atoms with Crippen molar-refractivity contribution in [1.29, 1.82) is 0 Å². The van der Waals surface area contributed by atoms with Crippen molar-refractivity contribution in [2.45, 2.75) is 80.1 Å². The van der Waals surface area contributed by atoms with Crippen LogP contribution in [0.3, 0.4) is 0 Å². The average Bonchev–Trinajstić information content (AvgIpc) is 2.78. The fraction of sp³-hybridized carbons (Fsp3) is 0.400. The highest BCUT2D eigenvalue weighted by Gasteiger charge is 2.22. The van der Waals surface area contributed by atoms with Crippen molar-refractivity contribution in [1.82, 2.24) is 4.98 Å². The summed E-state index contributed by atoms with van der Waals surface area (Å²) in [6.07, 6.45) is 12.8. The van der Waals surface area contributed by atoms with Crippen molar-refractivity contribution in [2.24, 2.45) is 0 Å². The van der Waals surface area contributed by atoms with E-state index in [1.807, 2.05) is 38.1 Å². The molecule has 0 spiro atoms. The Labute approximate surface area is 198 Å². The number of hydrogen-bond acceptors (Lipinski definition) is 3. The zero-order valence-electron chi connectivity index (χ0n) is 21.0. The van der Waals surface area contributed by atoms with E-state index < -0.39 is 0 Å². The lowest BCUT2D eigenvalue weighted by Gasteiger charge is -2.15. The van der Waals surface area contributed by atoms with Gasteiger partial charge in [-0.2, -0.15) is 0 Å². The van der Waals surface area contributed by atoms with Crippen LogP contribution in [-0.4, -0.2) is 4.98 Å². The van der Waals surface area contributed by atoms with Crippen molar-refractivity contribution in [3.05, 3.63) is 86.1 Å².